The van der Waals surface area contributed by atoms with Crippen molar-refractivity contribution >= 4 is 5.91 Å². The fourth-order valence-electron chi connectivity index (χ4n) is 2.23. The largest absolute Gasteiger partial charge is 0.355 e. The van der Waals surface area contributed by atoms with Crippen molar-refractivity contribution in [2.75, 3.05) is 0 Å². The van der Waals surface area contributed by atoms with Crippen LogP contribution in [0.2, 0.25) is 0 Å². The molecule has 5 heteroatoms. The van der Waals surface area contributed by atoms with Crippen LogP contribution < -0.4 is 5.32 Å². The monoisotopic (exact) mass is 310 g/mol. The van der Waals surface area contributed by atoms with Gasteiger partial charge in [-0.25, -0.2) is 4.39 Å². The van der Waals surface area contributed by atoms with Crippen LogP contribution in [0.3, 0.4) is 0 Å². The van der Waals surface area contributed by atoms with Gasteiger partial charge < -0.3 is 9.84 Å². The van der Waals surface area contributed by atoms with Gasteiger partial charge in [-0.3, -0.25) is 4.79 Å². The summed E-state index contributed by atoms with van der Waals surface area (Å²) in [6.45, 7) is 1.82. The second kappa shape index (κ2) is 6.44. The van der Waals surface area contributed by atoms with E-state index in [0.29, 0.717) is 5.76 Å². The molecule has 0 aliphatic carbocycles. The molecule has 3 rings (SSSR count). The van der Waals surface area contributed by atoms with E-state index >= 15 is 0 Å². The van der Waals surface area contributed by atoms with Gasteiger partial charge in [0, 0.05) is 11.6 Å². The highest BCUT2D eigenvalue weighted by atomic mass is 19.1. The summed E-state index contributed by atoms with van der Waals surface area (Å²) >= 11 is 0. The molecule has 1 N–H and O–H groups in total. The highest BCUT2D eigenvalue weighted by Gasteiger charge is 2.16. The molecule has 1 atom stereocenters. The third-order valence-electron chi connectivity index (χ3n) is 3.52. The van der Waals surface area contributed by atoms with Crippen LogP contribution in [-0.4, -0.2) is 11.1 Å². The summed E-state index contributed by atoms with van der Waals surface area (Å²) in [6, 6.07) is 16.8. The Labute approximate surface area is 132 Å². The normalized spacial score (nSPS) is 11.9. The minimum Gasteiger partial charge on any atom is -0.355 e. The Bertz CT molecular complexity index is 797. The van der Waals surface area contributed by atoms with Gasteiger partial charge in [0.15, 0.2) is 11.5 Å². The molecule has 0 saturated carbocycles. The van der Waals surface area contributed by atoms with E-state index in [2.05, 4.69) is 10.5 Å². The van der Waals surface area contributed by atoms with Gasteiger partial charge in [0.2, 0.25) is 0 Å². The number of nitrogens with one attached hydrogen (secondary N) is 1. The molecule has 3 aromatic rings. The van der Waals surface area contributed by atoms with E-state index in [9.17, 15) is 9.18 Å². The van der Waals surface area contributed by atoms with Crippen molar-refractivity contribution in [1.82, 2.24) is 10.5 Å². The smallest absolute Gasteiger partial charge is 0.273 e. The molecule has 0 aliphatic rings. The number of hydrogen-bond acceptors (Lipinski definition) is 3. The zero-order chi connectivity index (χ0) is 16.2. The fraction of sp³-hybridized carbons (Fsp3) is 0.111. The summed E-state index contributed by atoms with van der Waals surface area (Å²) in [7, 11) is 0. The summed E-state index contributed by atoms with van der Waals surface area (Å²) in [4.78, 5) is 12.2. The quantitative estimate of drug-likeness (QED) is 0.793. The molecule has 0 fully saturated rings. The standard InChI is InChI=1S/C18H15FN2O2/c1-12(13-7-9-15(19)10-8-13)20-18(22)16-11-17(23-21-16)14-5-3-2-4-6-14/h2-12H,1H3,(H,20,22). The Hall–Kier alpha value is -2.95. The van der Waals surface area contributed by atoms with E-state index in [1.807, 2.05) is 37.3 Å². The number of carbonyl (C=O) groups excluding carboxylic acids is 1. The molecule has 4 nitrogen and oxygen atoms in total. The molecule has 0 saturated heterocycles. The third kappa shape index (κ3) is 3.45. The third-order valence-corrected chi connectivity index (χ3v) is 3.52. The number of amides is 1. The first-order valence-electron chi connectivity index (χ1n) is 7.22. The minimum atomic E-state index is -0.340. The number of hydrogen-bond donors (Lipinski definition) is 1. The van der Waals surface area contributed by atoms with Crippen LogP contribution in [0.25, 0.3) is 11.3 Å². The molecule has 1 amide bonds. The lowest BCUT2D eigenvalue weighted by Crippen LogP contribution is -2.26. The highest BCUT2D eigenvalue weighted by molar-refractivity contribution is 5.93. The van der Waals surface area contributed by atoms with Crippen LogP contribution in [0.1, 0.15) is 29.0 Å². The Kier molecular flexibility index (Phi) is 4.19. The summed E-state index contributed by atoms with van der Waals surface area (Å²) in [5.41, 5.74) is 1.87. The van der Waals surface area contributed by atoms with Gasteiger partial charge in [0.1, 0.15) is 5.82 Å². The Morgan fingerprint density at radius 3 is 2.52 bits per heavy atom. The lowest BCUT2D eigenvalue weighted by Gasteiger charge is -2.12. The molecule has 0 spiro atoms. The number of rotatable bonds is 4. The molecular formula is C18H15FN2O2. The summed E-state index contributed by atoms with van der Waals surface area (Å²) in [5, 5.41) is 6.62. The van der Waals surface area contributed by atoms with Gasteiger partial charge in [-0.05, 0) is 24.6 Å². The number of halogens is 1. The molecule has 116 valence electrons. The number of nitrogens with zero attached hydrogens (tertiary/aromatic N) is 1. The van der Waals surface area contributed by atoms with Crippen LogP contribution in [0, 0.1) is 5.82 Å². The lowest BCUT2D eigenvalue weighted by molar-refractivity contribution is 0.0931. The topological polar surface area (TPSA) is 55.1 Å². The van der Waals surface area contributed by atoms with Gasteiger partial charge in [0.25, 0.3) is 5.91 Å². The summed E-state index contributed by atoms with van der Waals surface area (Å²) in [5.74, 6) is -0.116. The van der Waals surface area contributed by atoms with Crippen LogP contribution in [0.15, 0.2) is 65.2 Å². The van der Waals surface area contributed by atoms with Crippen molar-refractivity contribution in [3.05, 3.63) is 77.7 Å². The molecule has 0 aliphatic heterocycles. The number of carbonyl (C=O) groups is 1. The van der Waals surface area contributed by atoms with Gasteiger partial charge in [-0.15, -0.1) is 0 Å². The predicted octanol–water partition coefficient (Wildman–Crippen LogP) is 3.97. The van der Waals surface area contributed by atoms with Crippen LogP contribution in [0.4, 0.5) is 4.39 Å². The summed E-state index contributed by atoms with van der Waals surface area (Å²) < 4.78 is 18.1. The van der Waals surface area contributed by atoms with Crippen molar-refractivity contribution in [3.8, 4) is 11.3 Å². The average Bonchev–Trinajstić information content (AvgIpc) is 3.06. The second-order valence-corrected chi connectivity index (χ2v) is 5.19. The molecule has 23 heavy (non-hydrogen) atoms. The van der Waals surface area contributed by atoms with Crippen molar-refractivity contribution in [1.29, 1.82) is 0 Å². The van der Waals surface area contributed by atoms with Crippen LogP contribution in [-0.2, 0) is 0 Å². The maximum atomic E-state index is 12.9. The van der Waals surface area contributed by atoms with Crippen molar-refractivity contribution in [2.24, 2.45) is 0 Å². The minimum absolute atomic E-state index is 0.206. The first-order valence-corrected chi connectivity index (χ1v) is 7.22. The van der Waals surface area contributed by atoms with Gasteiger partial charge >= 0.3 is 0 Å². The van der Waals surface area contributed by atoms with E-state index in [0.717, 1.165) is 11.1 Å². The maximum absolute atomic E-state index is 12.9. The van der Waals surface area contributed by atoms with E-state index in [1.54, 1.807) is 18.2 Å². The fourth-order valence-corrected chi connectivity index (χ4v) is 2.23. The van der Waals surface area contributed by atoms with E-state index in [1.165, 1.54) is 12.1 Å². The SMILES string of the molecule is CC(NC(=O)c1cc(-c2ccccc2)on1)c1ccc(F)cc1. The number of benzene rings is 2. The van der Waals surface area contributed by atoms with E-state index in [4.69, 9.17) is 4.52 Å². The molecule has 1 heterocycles. The van der Waals surface area contributed by atoms with Gasteiger partial charge in [0.05, 0.1) is 6.04 Å². The zero-order valence-electron chi connectivity index (χ0n) is 12.5. The lowest BCUT2D eigenvalue weighted by atomic mass is 10.1. The molecule has 2 aromatic carbocycles. The molecule has 0 radical (unpaired) electrons. The molecular weight excluding hydrogens is 295 g/mol. The highest BCUT2D eigenvalue weighted by Crippen LogP contribution is 2.20. The van der Waals surface area contributed by atoms with E-state index in [-0.39, 0.29) is 23.5 Å². The Morgan fingerprint density at radius 1 is 1.13 bits per heavy atom. The molecule has 0 bridgehead atoms. The summed E-state index contributed by atoms with van der Waals surface area (Å²) in [6.07, 6.45) is 0. The first kappa shape index (κ1) is 15.0. The maximum Gasteiger partial charge on any atom is 0.273 e. The van der Waals surface area contributed by atoms with Crippen molar-refractivity contribution in [3.63, 3.8) is 0 Å². The Balaban J connectivity index is 1.71. The molecule has 1 unspecified atom stereocenters. The van der Waals surface area contributed by atoms with Crippen LogP contribution >= 0.6 is 0 Å². The molecule has 1 aromatic heterocycles. The van der Waals surface area contributed by atoms with Gasteiger partial charge in [-0.2, -0.15) is 0 Å². The van der Waals surface area contributed by atoms with Crippen molar-refractivity contribution in [2.45, 2.75) is 13.0 Å². The predicted molar refractivity (Wildman–Crippen MR) is 84.2 cm³/mol. The van der Waals surface area contributed by atoms with Crippen molar-refractivity contribution < 1.29 is 13.7 Å². The first-order chi connectivity index (χ1) is 11.1. The van der Waals surface area contributed by atoms with Gasteiger partial charge in [-0.1, -0.05) is 47.6 Å². The number of aromatic nitrogens is 1. The average molecular weight is 310 g/mol. The van der Waals surface area contributed by atoms with Crippen LogP contribution in [0.5, 0.6) is 0 Å². The second-order valence-electron chi connectivity index (χ2n) is 5.19. The van der Waals surface area contributed by atoms with E-state index < -0.39 is 0 Å². The Morgan fingerprint density at radius 2 is 1.83 bits per heavy atom. The zero-order valence-corrected chi connectivity index (χ0v) is 12.5.